The molecule has 4 heteroatoms. The molecular formula is C14H18ClNO2. The molecule has 1 saturated carbocycles. The zero-order valence-electron chi connectivity index (χ0n) is 10.5. The van der Waals surface area contributed by atoms with Gasteiger partial charge in [0.1, 0.15) is 0 Å². The van der Waals surface area contributed by atoms with E-state index in [2.05, 4.69) is 5.32 Å². The Balaban J connectivity index is 2.03. The van der Waals surface area contributed by atoms with E-state index in [-0.39, 0.29) is 12.0 Å². The lowest BCUT2D eigenvalue weighted by Crippen LogP contribution is -2.26. The second kappa shape index (κ2) is 6.21. The van der Waals surface area contributed by atoms with Crippen LogP contribution in [0.15, 0.2) is 24.3 Å². The van der Waals surface area contributed by atoms with Crippen molar-refractivity contribution >= 4 is 17.6 Å². The van der Waals surface area contributed by atoms with Crippen LogP contribution in [0, 0.1) is 0 Å². The first-order valence-corrected chi connectivity index (χ1v) is 6.74. The van der Waals surface area contributed by atoms with Gasteiger partial charge in [-0.2, -0.15) is 0 Å². The van der Waals surface area contributed by atoms with E-state index >= 15 is 0 Å². The Labute approximate surface area is 112 Å². The van der Waals surface area contributed by atoms with Crippen LogP contribution in [0.2, 0.25) is 5.02 Å². The molecule has 0 radical (unpaired) electrons. The van der Waals surface area contributed by atoms with Crippen molar-refractivity contribution in [2.45, 2.75) is 38.3 Å². The normalized spacial score (nSPS) is 16.3. The third kappa shape index (κ3) is 4.00. The van der Waals surface area contributed by atoms with Gasteiger partial charge >= 0.3 is 5.97 Å². The highest BCUT2D eigenvalue weighted by Crippen LogP contribution is 2.27. The number of nitrogens with one attached hydrogen (secondary N) is 1. The van der Waals surface area contributed by atoms with Crippen molar-refractivity contribution in [1.82, 2.24) is 5.32 Å². The van der Waals surface area contributed by atoms with Crippen LogP contribution < -0.4 is 5.32 Å². The molecule has 1 atom stereocenters. The van der Waals surface area contributed by atoms with Gasteiger partial charge < -0.3 is 10.1 Å². The quantitative estimate of drug-likeness (QED) is 0.805. The number of carbonyl (C=O) groups is 1. The van der Waals surface area contributed by atoms with E-state index in [4.69, 9.17) is 16.3 Å². The van der Waals surface area contributed by atoms with E-state index in [1.165, 1.54) is 12.8 Å². The molecule has 0 unspecified atom stereocenters. The lowest BCUT2D eigenvalue weighted by atomic mass is 10.0. The summed E-state index contributed by atoms with van der Waals surface area (Å²) < 4.78 is 5.01. The minimum atomic E-state index is -0.161. The molecule has 2 rings (SSSR count). The molecule has 0 saturated heterocycles. The van der Waals surface area contributed by atoms with E-state index < -0.39 is 0 Å². The Bertz CT molecular complexity index is 401. The van der Waals surface area contributed by atoms with Gasteiger partial charge in [-0.05, 0) is 37.5 Å². The van der Waals surface area contributed by atoms with Crippen LogP contribution in [-0.4, -0.2) is 18.6 Å². The molecule has 18 heavy (non-hydrogen) atoms. The highest BCUT2D eigenvalue weighted by atomic mass is 35.5. The Morgan fingerprint density at radius 2 is 2.11 bits per heavy atom. The van der Waals surface area contributed by atoms with Crippen molar-refractivity contribution in [3.8, 4) is 0 Å². The molecule has 1 aromatic carbocycles. The monoisotopic (exact) mass is 267 g/mol. The third-order valence-electron chi connectivity index (χ3n) is 2.96. The Kier molecular flexibility index (Phi) is 4.61. The molecule has 0 heterocycles. The van der Waals surface area contributed by atoms with E-state index in [1.807, 2.05) is 31.2 Å². The number of carbonyl (C=O) groups excluding carboxylic acids is 1. The molecule has 1 fully saturated rings. The molecule has 3 nitrogen and oxygen atoms in total. The highest BCUT2D eigenvalue weighted by Gasteiger charge is 2.27. The van der Waals surface area contributed by atoms with Crippen LogP contribution >= 0.6 is 11.6 Å². The molecule has 98 valence electrons. The topological polar surface area (TPSA) is 38.3 Å². The summed E-state index contributed by atoms with van der Waals surface area (Å²) in [6, 6.07) is 8.19. The van der Waals surface area contributed by atoms with Crippen LogP contribution in [0.3, 0.4) is 0 Å². The predicted molar refractivity (Wildman–Crippen MR) is 71.6 cm³/mol. The second-order valence-electron chi connectivity index (χ2n) is 4.55. The second-order valence-corrected chi connectivity index (χ2v) is 4.99. The van der Waals surface area contributed by atoms with Crippen LogP contribution in [0.4, 0.5) is 0 Å². The van der Waals surface area contributed by atoms with Gasteiger partial charge in [0.15, 0.2) is 0 Å². The van der Waals surface area contributed by atoms with Gasteiger partial charge in [0.05, 0.1) is 13.0 Å². The number of hydrogen-bond acceptors (Lipinski definition) is 3. The molecule has 1 N–H and O–H groups in total. The lowest BCUT2D eigenvalue weighted by Gasteiger charge is -2.18. The number of hydrogen-bond donors (Lipinski definition) is 1. The number of ether oxygens (including phenoxy) is 1. The summed E-state index contributed by atoms with van der Waals surface area (Å²) in [6.07, 6.45) is 2.74. The number of halogens is 1. The van der Waals surface area contributed by atoms with Crippen LogP contribution in [0.5, 0.6) is 0 Å². The summed E-state index contributed by atoms with van der Waals surface area (Å²) in [6.45, 7) is 2.25. The van der Waals surface area contributed by atoms with E-state index in [9.17, 15) is 4.79 Å². The summed E-state index contributed by atoms with van der Waals surface area (Å²) in [5, 5.41) is 4.18. The number of esters is 1. The average molecular weight is 268 g/mol. The molecule has 0 amide bonds. The molecule has 1 aliphatic carbocycles. The third-order valence-corrected chi connectivity index (χ3v) is 3.21. The summed E-state index contributed by atoms with van der Waals surface area (Å²) >= 11 is 5.88. The van der Waals surface area contributed by atoms with Crippen molar-refractivity contribution in [3.63, 3.8) is 0 Å². The molecule has 0 aliphatic heterocycles. The first-order chi connectivity index (χ1) is 8.69. The molecule has 0 aromatic heterocycles. The van der Waals surface area contributed by atoms with Gasteiger partial charge in [-0.3, -0.25) is 4.79 Å². The van der Waals surface area contributed by atoms with Crippen LogP contribution in [0.25, 0.3) is 0 Å². The van der Waals surface area contributed by atoms with Gasteiger partial charge in [0.25, 0.3) is 0 Å². The minimum Gasteiger partial charge on any atom is -0.466 e. The van der Waals surface area contributed by atoms with E-state index in [0.717, 1.165) is 5.56 Å². The maximum atomic E-state index is 11.6. The Hall–Kier alpha value is -1.06. The number of benzene rings is 1. The zero-order chi connectivity index (χ0) is 13.0. The van der Waals surface area contributed by atoms with Crippen molar-refractivity contribution in [3.05, 3.63) is 34.9 Å². The zero-order valence-corrected chi connectivity index (χ0v) is 11.2. The molecular weight excluding hydrogens is 250 g/mol. The molecule has 0 spiro atoms. The highest BCUT2D eigenvalue weighted by molar-refractivity contribution is 6.30. The van der Waals surface area contributed by atoms with Crippen LogP contribution in [0.1, 0.15) is 37.8 Å². The summed E-state index contributed by atoms with van der Waals surface area (Å²) in [5.74, 6) is -0.161. The predicted octanol–water partition coefficient (Wildman–Crippen LogP) is 3.09. The fourth-order valence-electron chi connectivity index (χ4n) is 1.89. The fraction of sp³-hybridized carbons (Fsp3) is 0.500. The maximum absolute atomic E-state index is 11.6. The SMILES string of the molecule is CCOC(=O)C[C@H](NC1CC1)c1ccc(Cl)cc1. The smallest absolute Gasteiger partial charge is 0.307 e. The molecule has 0 bridgehead atoms. The van der Waals surface area contributed by atoms with Crippen molar-refractivity contribution in [1.29, 1.82) is 0 Å². The van der Waals surface area contributed by atoms with E-state index in [1.54, 1.807) is 0 Å². The van der Waals surface area contributed by atoms with Gasteiger partial charge in [-0.15, -0.1) is 0 Å². The largest absolute Gasteiger partial charge is 0.466 e. The van der Waals surface area contributed by atoms with Crippen molar-refractivity contribution in [2.24, 2.45) is 0 Å². The summed E-state index contributed by atoms with van der Waals surface area (Å²) in [5.41, 5.74) is 1.08. The van der Waals surface area contributed by atoms with Crippen molar-refractivity contribution < 1.29 is 9.53 Å². The van der Waals surface area contributed by atoms with Crippen molar-refractivity contribution in [2.75, 3.05) is 6.61 Å². The first-order valence-electron chi connectivity index (χ1n) is 6.36. The van der Waals surface area contributed by atoms with Gasteiger partial charge in [-0.1, -0.05) is 23.7 Å². The molecule has 1 aromatic rings. The summed E-state index contributed by atoms with van der Waals surface area (Å²) in [7, 11) is 0. The van der Waals surface area contributed by atoms with E-state index in [0.29, 0.717) is 24.1 Å². The standard InChI is InChI=1S/C14H18ClNO2/c1-2-18-14(17)9-13(16-12-7-8-12)10-3-5-11(15)6-4-10/h3-6,12-13,16H,2,7-9H2,1H3/t13-/m0/s1. The number of rotatable bonds is 6. The van der Waals surface area contributed by atoms with Gasteiger partial charge in [0.2, 0.25) is 0 Å². The van der Waals surface area contributed by atoms with Crippen LogP contribution in [-0.2, 0) is 9.53 Å². The average Bonchev–Trinajstić information content (AvgIpc) is 3.13. The Morgan fingerprint density at radius 1 is 1.44 bits per heavy atom. The first kappa shape index (κ1) is 13.4. The Morgan fingerprint density at radius 3 is 2.67 bits per heavy atom. The lowest BCUT2D eigenvalue weighted by molar-refractivity contribution is -0.143. The van der Waals surface area contributed by atoms with Gasteiger partial charge in [-0.25, -0.2) is 0 Å². The molecule has 1 aliphatic rings. The fourth-order valence-corrected chi connectivity index (χ4v) is 2.02. The summed E-state index contributed by atoms with van der Waals surface area (Å²) in [4.78, 5) is 11.6. The minimum absolute atomic E-state index is 0.0221. The maximum Gasteiger partial charge on any atom is 0.307 e. The van der Waals surface area contributed by atoms with Gasteiger partial charge in [0, 0.05) is 17.1 Å².